The Bertz CT molecular complexity index is 1050. The molecule has 2 unspecified atom stereocenters. The van der Waals surface area contributed by atoms with Gasteiger partial charge in [0, 0.05) is 11.6 Å². The number of hydrogen-bond acceptors (Lipinski definition) is 6. The van der Waals surface area contributed by atoms with E-state index in [9.17, 15) is 4.39 Å². The lowest BCUT2D eigenvalue weighted by molar-refractivity contribution is 0.00802. The third kappa shape index (κ3) is 5.51. The molecule has 0 aromatic heterocycles. The van der Waals surface area contributed by atoms with Crippen molar-refractivity contribution in [3.8, 4) is 22.6 Å². The summed E-state index contributed by atoms with van der Waals surface area (Å²) in [6, 6.07) is 16.4. The molecule has 2 heterocycles. The Hall–Kier alpha value is -2.71. The number of halogens is 1. The summed E-state index contributed by atoms with van der Waals surface area (Å²) in [4.78, 5) is 0. The van der Waals surface area contributed by atoms with Crippen LogP contribution in [0.1, 0.15) is 0 Å². The van der Waals surface area contributed by atoms with E-state index in [1.807, 2.05) is 36.4 Å². The first-order chi connectivity index (χ1) is 15.2. The van der Waals surface area contributed by atoms with Crippen molar-refractivity contribution in [1.29, 1.82) is 0 Å². The van der Waals surface area contributed by atoms with Crippen molar-refractivity contribution in [2.45, 2.75) is 12.2 Å². The van der Waals surface area contributed by atoms with E-state index in [2.05, 4.69) is 0 Å². The van der Waals surface area contributed by atoms with E-state index in [1.54, 1.807) is 12.1 Å². The van der Waals surface area contributed by atoms with Crippen LogP contribution in [0.2, 0.25) is 0 Å². The van der Waals surface area contributed by atoms with Gasteiger partial charge in [-0.25, -0.2) is 4.39 Å². The maximum Gasteiger partial charge on any atom is 0.189 e. The summed E-state index contributed by atoms with van der Waals surface area (Å²) < 4.78 is 46.6. The molecule has 162 valence electrons. The second kappa shape index (κ2) is 9.20. The number of ether oxygens (including phenoxy) is 6. The van der Waals surface area contributed by atoms with E-state index in [4.69, 9.17) is 28.4 Å². The van der Waals surface area contributed by atoms with Gasteiger partial charge in [0.15, 0.2) is 13.6 Å². The van der Waals surface area contributed by atoms with Gasteiger partial charge in [0.1, 0.15) is 29.5 Å². The summed E-state index contributed by atoms with van der Waals surface area (Å²) in [5.74, 6) is 0.801. The van der Waals surface area contributed by atoms with Crippen molar-refractivity contribution in [2.75, 3.05) is 40.0 Å². The minimum Gasteiger partial charge on any atom is -0.468 e. The topological polar surface area (TPSA) is 62.0 Å². The fourth-order valence-corrected chi connectivity index (χ4v) is 3.21. The van der Waals surface area contributed by atoms with E-state index in [-0.39, 0.29) is 31.6 Å². The van der Waals surface area contributed by atoms with Crippen molar-refractivity contribution < 1.29 is 32.8 Å². The van der Waals surface area contributed by atoms with E-state index < -0.39 is 0 Å². The third-order valence-corrected chi connectivity index (χ3v) is 5.09. The maximum absolute atomic E-state index is 14.7. The van der Waals surface area contributed by atoms with Crippen molar-refractivity contribution >= 4 is 10.8 Å². The zero-order valence-electron chi connectivity index (χ0n) is 16.9. The predicted octanol–water partition coefficient (Wildman–Crippen LogP) is 4.15. The standard InChI is InChI=1S/C24H23FO6/c25-24-9-20(31-15-27-11-22-13-29-22)5-6-23(24)18-2-1-17-8-19(4-3-16(17)7-18)30-14-26-10-21-12-28-21/h1-9,21-22H,10-15H2. The molecule has 3 aromatic carbocycles. The predicted molar refractivity (Wildman–Crippen MR) is 112 cm³/mol. The molecule has 0 amide bonds. The quantitative estimate of drug-likeness (QED) is 0.261. The molecule has 0 bridgehead atoms. The van der Waals surface area contributed by atoms with Crippen LogP contribution in [0.4, 0.5) is 4.39 Å². The highest BCUT2D eigenvalue weighted by atomic mass is 19.1. The van der Waals surface area contributed by atoms with Crippen LogP contribution in [0.5, 0.6) is 11.5 Å². The molecular weight excluding hydrogens is 403 g/mol. The Balaban J connectivity index is 1.21. The lowest BCUT2D eigenvalue weighted by atomic mass is 10.0. The molecule has 31 heavy (non-hydrogen) atoms. The molecule has 0 radical (unpaired) electrons. The lowest BCUT2D eigenvalue weighted by Crippen LogP contribution is -2.07. The van der Waals surface area contributed by atoms with Gasteiger partial charge in [-0.2, -0.15) is 0 Å². The average molecular weight is 426 g/mol. The van der Waals surface area contributed by atoms with Crippen LogP contribution in [0.25, 0.3) is 21.9 Å². The molecule has 0 spiro atoms. The van der Waals surface area contributed by atoms with Gasteiger partial charge in [-0.05, 0) is 46.7 Å². The van der Waals surface area contributed by atoms with Gasteiger partial charge in [0.2, 0.25) is 0 Å². The van der Waals surface area contributed by atoms with Gasteiger partial charge in [-0.1, -0.05) is 18.2 Å². The molecule has 0 N–H and O–H groups in total. The Morgan fingerprint density at radius 1 is 0.742 bits per heavy atom. The zero-order valence-corrected chi connectivity index (χ0v) is 16.9. The van der Waals surface area contributed by atoms with Crippen LogP contribution in [0.3, 0.4) is 0 Å². The second-order valence-corrected chi connectivity index (χ2v) is 7.54. The van der Waals surface area contributed by atoms with Gasteiger partial charge in [-0.15, -0.1) is 0 Å². The zero-order chi connectivity index (χ0) is 21.0. The van der Waals surface area contributed by atoms with Gasteiger partial charge in [0.05, 0.1) is 26.4 Å². The molecule has 7 heteroatoms. The monoisotopic (exact) mass is 426 g/mol. The van der Waals surface area contributed by atoms with Gasteiger partial charge < -0.3 is 28.4 Å². The van der Waals surface area contributed by atoms with Gasteiger partial charge >= 0.3 is 0 Å². The van der Waals surface area contributed by atoms with Crippen LogP contribution in [0.15, 0.2) is 54.6 Å². The van der Waals surface area contributed by atoms with Crippen LogP contribution in [-0.2, 0) is 18.9 Å². The summed E-state index contributed by atoms with van der Waals surface area (Å²) >= 11 is 0. The first kappa shape index (κ1) is 20.2. The molecule has 3 aromatic rings. The number of epoxide rings is 2. The molecule has 0 saturated carbocycles. The minimum absolute atomic E-state index is 0.0679. The Labute approximate surface area is 179 Å². The number of hydrogen-bond donors (Lipinski definition) is 0. The number of benzene rings is 3. The van der Waals surface area contributed by atoms with E-state index in [0.717, 1.165) is 35.3 Å². The molecule has 2 fully saturated rings. The smallest absolute Gasteiger partial charge is 0.189 e. The van der Waals surface area contributed by atoms with E-state index in [0.29, 0.717) is 24.5 Å². The maximum atomic E-state index is 14.7. The van der Waals surface area contributed by atoms with E-state index in [1.165, 1.54) is 6.07 Å². The minimum atomic E-state index is -0.348. The summed E-state index contributed by atoms with van der Waals surface area (Å²) in [5, 5.41) is 2.00. The highest BCUT2D eigenvalue weighted by Gasteiger charge is 2.22. The Morgan fingerprint density at radius 2 is 1.32 bits per heavy atom. The number of fused-ring (bicyclic) bond motifs is 1. The highest BCUT2D eigenvalue weighted by Crippen LogP contribution is 2.30. The summed E-state index contributed by atoms with van der Waals surface area (Å²) in [6.07, 6.45) is 0.393. The molecule has 0 aliphatic carbocycles. The van der Waals surface area contributed by atoms with Crippen molar-refractivity contribution in [3.63, 3.8) is 0 Å². The fraction of sp³-hybridized carbons (Fsp3) is 0.333. The average Bonchev–Trinajstić information content (AvgIpc) is 3.69. The molecule has 2 saturated heterocycles. The summed E-state index contributed by atoms with van der Waals surface area (Å²) in [5.41, 5.74) is 1.30. The van der Waals surface area contributed by atoms with Gasteiger partial charge in [0.25, 0.3) is 0 Å². The molecule has 2 aliphatic rings. The van der Waals surface area contributed by atoms with Crippen molar-refractivity contribution in [3.05, 3.63) is 60.4 Å². The number of rotatable bonds is 11. The van der Waals surface area contributed by atoms with Gasteiger partial charge in [-0.3, -0.25) is 0 Å². The molecule has 2 aliphatic heterocycles. The Morgan fingerprint density at radius 3 is 1.97 bits per heavy atom. The van der Waals surface area contributed by atoms with Crippen LogP contribution < -0.4 is 9.47 Å². The van der Waals surface area contributed by atoms with Crippen molar-refractivity contribution in [1.82, 2.24) is 0 Å². The summed E-state index contributed by atoms with van der Waals surface area (Å²) in [7, 11) is 0. The Kier molecular flexibility index (Phi) is 5.99. The lowest BCUT2D eigenvalue weighted by Gasteiger charge is -2.10. The van der Waals surface area contributed by atoms with E-state index >= 15 is 0 Å². The molecule has 5 rings (SSSR count). The van der Waals surface area contributed by atoms with Crippen LogP contribution in [-0.4, -0.2) is 52.2 Å². The molecule has 2 atom stereocenters. The van der Waals surface area contributed by atoms with Crippen LogP contribution in [0, 0.1) is 5.82 Å². The second-order valence-electron chi connectivity index (χ2n) is 7.54. The fourth-order valence-electron chi connectivity index (χ4n) is 3.21. The largest absolute Gasteiger partial charge is 0.468 e. The van der Waals surface area contributed by atoms with Crippen molar-refractivity contribution in [2.24, 2.45) is 0 Å². The highest BCUT2D eigenvalue weighted by molar-refractivity contribution is 5.88. The summed E-state index contributed by atoms with van der Waals surface area (Å²) in [6.45, 7) is 2.79. The first-order valence-corrected chi connectivity index (χ1v) is 10.2. The molecular formula is C24H23FO6. The normalized spacial score (nSPS) is 19.4. The first-order valence-electron chi connectivity index (χ1n) is 10.2. The molecule has 6 nitrogen and oxygen atoms in total. The third-order valence-electron chi connectivity index (χ3n) is 5.09. The van der Waals surface area contributed by atoms with Crippen LogP contribution >= 0.6 is 0 Å². The SMILES string of the molecule is Fc1cc(OCOCC2CO2)ccc1-c1ccc2cc(OCOCC3CO3)ccc2c1.